The first-order valence-corrected chi connectivity index (χ1v) is 10.2. The van der Waals surface area contributed by atoms with E-state index in [1.54, 1.807) is 0 Å². The van der Waals surface area contributed by atoms with Gasteiger partial charge in [0, 0.05) is 37.6 Å². The topological polar surface area (TPSA) is 116 Å². The fraction of sp³-hybridized carbons (Fsp3) is 0.350. The minimum atomic E-state index is -0.910. The Kier molecular flexibility index (Phi) is 9.23. The first-order chi connectivity index (χ1) is 14.4. The van der Waals surface area contributed by atoms with Crippen LogP contribution in [0.2, 0.25) is 0 Å². The molecule has 0 aliphatic carbocycles. The van der Waals surface area contributed by atoms with E-state index in [4.69, 9.17) is 5.73 Å². The van der Waals surface area contributed by atoms with Crippen molar-refractivity contribution in [3.05, 3.63) is 68.0 Å². The third-order valence-corrected chi connectivity index (χ3v) is 5.02. The van der Waals surface area contributed by atoms with Crippen LogP contribution in [0.1, 0.15) is 38.9 Å². The molecule has 0 aliphatic heterocycles. The highest BCUT2D eigenvalue weighted by Crippen LogP contribution is 2.11. The van der Waals surface area contributed by atoms with Crippen molar-refractivity contribution in [2.24, 2.45) is 0 Å². The largest absolute Gasteiger partial charge is 0.396 e. The van der Waals surface area contributed by atoms with Gasteiger partial charge in [-0.15, -0.1) is 10.2 Å². The molecule has 0 bridgehead atoms. The molecule has 3 N–H and O–H groups in total. The van der Waals surface area contributed by atoms with Gasteiger partial charge in [0.05, 0.1) is 5.69 Å². The highest BCUT2D eigenvalue weighted by atomic mass is 32.1. The smallest absolute Gasteiger partial charge is 0.288 e. The molecule has 0 saturated heterocycles. The summed E-state index contributed by atoms with van der Waals surface area (Å²) in [6.45, 7) is 3.30. The molecule has 30 heavy (non-hydrogen) atoms. The lowest BCUT2D eigenvalue weighted by Crippen LogP contribution is -2.23. The minimum Gasteiger partial charge on any atom is -0.396 e. The number of nitrogens with one attached hydrogen (secondary N) is 1. The van der Waals surface area contributed by atoms with E-state index in [0.29, 0.717) is 30.7 Å². The number of aryl methyl sites for hydroxylation is 3. The molecule has 0 unspecified atom stereocenters. The van der Waals surface area contributed by atoms with Gasteiger partial charge in [-0.1, -0.05) is 17.4 Å². The molecular formula is C20H25FN6O2S. The van der Waals surface area contributed by atoms with E-state index < -0.39 is 11.4 Å². The van der Waals surface area contributed by atoms with Crippen LogP contribution in [0.15, 0.2) is 35.4 Å². The molecule has 3 aromatic heterocycles. The van der Waals surface area contributed by atoms with Crippen LogP contribution in [0, 0.1) is 12.7 Å². The van der Waals surface area contributed by atoms with Crippen molar-refractivity contribution in [3.8, 4) is 0 Å². The fourth-order valence-electron chi connectivity index (χ4n) is 2.52. The average Bonchev–Trinajstić information content (AvgIpc) is 3.21. The van der Waals surface area contributed by atoms with Crippen molar-refractivity contribution in [2.75, 3.05) is 12.8 Å². The molecule has 3 aromatic rings. The molecule has 0 fully saturated rings. The molecular weight excluding hydrogens is 407 g/mol. The van der Waals surface area contributed by atoms with Crippen LogP contribution >= 0.6 is 11.3 Å². The first kappa shape index (κ1) is 23.3. The zero-order valence-electron chi connectivity index (χ0n) is 17.0. The Balaban J connectivity index is 0.000000269. The number of carbonyl (C=O) groups is 1. The lowest BCUT2D eigenvalue weighted by Gasteiger charge is -2.06. The summed E-state index contributed by atoms with van der Waals surface area (Å²) in [5.41, 5.74) is 6.76. The number of nitrogens with zero attached hydrogens (tertiary/aromatic N) is 4. The number of aromatic nitrogens is 4. The van der Waals surface area contributed by atoms with Gasteiger partial charge in [0.2, 0.25) is 5.82 Å². The normalized spacial score (nSPS) is 10.4. The van der Waals surface area contributed by atoms with Gasteiger partial charge in [-0.05, 0) is 44.5 Å². The molecule has 0 radical (unpaired) electrons. The van der Waals surface area contributed by atoms with Gasteiger partial charge in [0.1, 0.15) is 5.01 Å². The maximum absolute atomic E-state index is 13.3. The van der Waals surface area contributed by atoms with Crippen LogP contribution in [0.25, 0.3) is 0 Å². The van der Waals surface area contributed by atoms with E-state index in [2.05, 4.69) is 26.6 Å². The molecule has 3 rings (SSSR count). The quantitative estimate of drug-likeness (QED) is 0.415. The van der Waals surface area contributed by atoms with E-state index in [1.807, 2.05) is 26.2 Å². The zero-order chi connectivity index (χ0) is 21.9. The lowest BCUT2D eigenvalue weighted by molar-refractivity contribution is 0.112. The number of nitrogens with two attached hydrogens (primary N) is 1. The lowest BCUT2D eigenvalue weighted by atomic mass is 10.2. The van der Waals surface area contributed by atoms with Crippen molar-refractivity contribution in [2.45, 2.75) is 39.3 Å². The van der Waals surface area contributed by atoms with E-state index in [-0.39, 0.29) is 5.69 Å². The van der Waals surface area contributed by atoms with Gasteiger partial charge in [0.25, 0.3) is 5.56 Å². The van der Waals surface area contributed by atoms with E-state index in [9.17, 15) is 14.0 Å². The van der Waals surface area contributed by atoms with Gasteiger partial charge in [-0.3, -0.25) is 14.6 Å². The van der Waals surface area contributed by atoms with Crippen molar-refractivity contribution < 1.29 is 9.18 Å². The van der Waals surface area contributed by atoms with E-state index in [0.717, 1.165) is 23.7 Å². The van der Waals surface area contributed by atoms with Gasteiger partial charge in [-0.25, -0.2) is 0 Å². The Morgan fingerprint density at radius 3 is 2.70 bits per heavy atom. The van der Waals surface area contributed by atoms with Gasteiger partial charge >= 0.3 is 0 Å². The number of carbonyl (C=O) groups excluding carboxylic acids is 1. The maximum Gasteiger partial charge on any atom is 0.288 e. The summed E-state index contributed by atoms with van der Waals surface area (Å²) in [6.07, 6.45) is 6.18. The number of rotatable bonds is 8. The van der Waals surface area contributed by atoms with Crippen molar-refractivity contribution in [3.63, 3.8) is 0 Å². The van der Waals surface area contributed by atoms with Crippen molar-refractivity contribution >= 4 is 23.3 Å². The Hall–Kier alpha value is -2.98. The molecule has 0 atom stereocenters. The predicted molar refractivity (Wildman–Crippen MR) is 115 cm³/mol. The molecule has 0 amide bonds. The number of nitrogen functional groups attached to an aromatic ring is 1. The van der Waals surface area contributed by atoms with Gasteiger partial charge in [-0.2, -0.15) is 4.39 Å². The maximum atomic E-state index is 13.3. The Labute approximate surface area is 178 Å². The standard InChI is InChI=1S/C12H13FN4O2S.C8H12N2/c13-11-8(14)4-6-17(12(11)19)5-2-1-3-9-15-16-10(7-18)20-9;1-7-3-4-8(5-9-2)6-10-7/h4,6-7H,1-3,5,14H2;3-4,6,9H,5H2,1-2H3. The summed E-state index contributed by atoms with van der Waals surface area (Å²) in [6, 6.07) is 5.48. The fourth-order valence-corrected chi connectivity index (χ4v) is 3.22. The number of anilines is 1. The Bertz CT molecular complexity index is 1000. The number of unbranched alkanes of at least 4 members (excludes halogenated alkanes) is 1. The van der Waals surface area contributed by atoms with E-state index in [1.165, 1.54) is 33.7 Å². The summed E-state index contributed by atoms with van der Waals surface area (Å²) < 4.78 is 14.6. The van der Waals surface area contributed by atoms with E-state index >= 15 is 0 Å². The monoisotopic (exact) mass is 432 g/mol. The summed E-state index contributed by atoms with van der Waals surface area (Å²) in [4.78, 5) is 26.2. The molecule has 0 aromatic carbocycles. The second kappa shape index (κ2) is 11.9. The van der Waals surface area contributed by atoms with Crippen LogP contribution in [0.5, 0.6) is 0 Å². The molecule has 0 spiro atoms. The number of aldehydes is 1. The Morgan fingerprint density at radius 2 is 2.07 bits per heavy atom. The predicted octanol–water partition coefficient (Wildman–Crippen LogP) is 2.37. The molecule has 160 valence electrons. The molecule has 3 heterocycles. The third kappa shape index (κ3) is 7.12. The molecule has 0 saturated carbocycles. The molecule has 0 aliphatic rings. The number of pyridine rings is 2. The number of halogens is 1. The van der Waals surface area contributed by atoms with Crippen LogP contribution in [-0.2, 0) is 19.5 Å². The summed E-state index contributed by atoms with van der Waals surface area (Å²) >= 11 is 1.25. The highest BCUT2D eigenvalue weighted by Gasteiger charge is 2.07. The number of hydrogen-bond acceptors (Lipinski definition) is 8. The SMILES string of the molecule is CNCc1ccc(C)nc1.Nc1ccn(CCCCc2nnc(C=O)s2)c(=O)c1F. The van der Waals surface area contributed by atoms with Crippen molar-refractivity contribution in [1.82, 2.24) is 25.1 Å². The average molecular weight is 433 g/mol. The summed E-state index contributed by atoms with van der Waals surface area (Å²) in [5.74, 6) is -0.910. The number of hydrogen-bond donors (Lipinski definition) is 2. The zero-order valence-corrected chi connectivity index (χ0v) is 17.8. The van der Waals surface area contributed by atoms with Crippen LogP contribution in [0.3, 0.4) is 0 Å². The first-order valence-electron chi connectivity index (χ1n) is 9.42. The third-order valence-electron chi connectivity index (χ3n) is 4.11. The second-order valence-corrected chi connectivity index (χ2v) is 7.62. The van der Waals surface area contributed by atoms with Crippen LogP contribution < -0.4 is 16.6 Å². The van der Waals surface area contributed by atoms with Crippen molar-refractivity contribution in [1.29, 1.82) is 0 Å². The van der Waals surface area contributed by atoms with Gasteiger partial charge in [0.15, 0.2) is 11.3 Å². The Morgan fingerprint density at radius 1 is 1.27 bits per heavy atom. The minimum absolute atomic E-state index is 0.137. The molecule has 10 heteroatoms. The molecule has 8 nitrogen and oxygen atoms in total. The van der Waals surface area contributed by atoms with Gasteiger partial charge < -0.3 is 15.6 Å². The highest BCUT2D eigenvalue weighted by molar-refractivity contribution is 7.12. The summed E-state index contributed by atoms with van der Waals surface area (Å²) in [7, 11) is 1.93. The van der Waals surface area contributed by atoms with Crippen LogP contribution in [-0.4, -0.2) is 33.1 Å². The second-order valence-electron chi connectivity index (χ2n) is 6.53. The summed E-state index contributed by atoms with van der Waals surface area (Å²) in [5, 5.41) is 11.8. The van der Waals surface area contributed by atoms with Crippen LogP contribution in [0.4, 0.5) is 10.1 Å².